The van der Waals surface area contributed by atoms with Gasteiger partial charge in [-0.05, 0) is 18.6 Å². The normalized spacial score (nSPS) is 12.1. The molecule has 0 aliphatic heterocycles. The number of hydrogen-bond acceptors (Lipinski definition) is 3. The molecule has 1 aromatic carbocycles. The van der Waals surface area contributed by atoms with E-state index in [1.807, 2.05) is 25.1 Å². The highest BCUT2D eigenvalue weighted by molar-refractivity contribution is 5.94. The van der Waals surface area contributed by atoms with Gasteiger partial charge in [0.2, 0.25) is 5.91 Å². The zero-order chi connectivity index (χ0) is 15.0. The Morgan fingerprint density at radius 3 is 2.70 bits per heavy atom. The van der Waals surface area contributed by atoms with Crippen molar-refractivity contribution in [2.24, 2.45) is 0 Å². The number of hydrogen-bond donors (Lipinski definition) is 2. The van der Waals surface area contributed by atoms with Crippen LogP contribution in [0.15, 0.2) is 30.3 Å². The van der Waals surface area contributed by atoms with Crippen LogP contribution < -0.4 is 10.1 Å². The second-order valence-corrected chi connectivity index (χ2v) is 4.26. The maximum absolute atomic E-state index is 11.7. The first-order valence-electron chi connectivity index (χ1n) is 6.42. The zero-order valence-electron chi connectivity index (χ0n) is 11.6. The van der Waals surface area contributed by atoms with Crippen LogP contribution in [0.2, 0.25) is 0 Å². The topological polar surface area (TPSA) is 75.6 Å². The van der Waals surface area contributed by atoms with Crippen molar-refractivity contribution in [3.8, 4) is 5.75 Å². The maximum Gasteiger partial charge on any atom is 0.326 e. The fourth-order valence-corrected chi connectivity index (χ4v) is 1.74. The number of carbonyl (C=O) groups is 2. The molecule has 0 aliphatic carbocycles. The molecule has 0 aliphatic rings. The molecular weight excluding hydrogens is 258 g/mol. The average Bonchev–Trinajstić information content (AvgIpc) is 2.44. The number of benzene rings is 1. The number of rotatable bonds is 7. The lowest BCUT2D eigenvalue weighted by molar-refractivity contribution is -0.141. The van der Waals surface area contributed by atoms with Crippen LogP contribution in [0, 0.1) is 0 Å². The molecule has 5 heteroatoms. The third-order valence-electron chi connectivity index (χ3n) is 2.75. The van der Waals surface area contributed by atoms with Gasteiger partial charge in [0, 0.05) is 11.6 Å². The summed E-state index contributed by atoms with van der Waals surface area (Å²) in [7, 11) is 1.55. The minimum absolute atomic E-state index is 0.406. The molecule has 0 aromatic heterocycles. The van der Waals surface area contributed by atoms with E-state index >= 15 is 0 Å². The Morgan fingerprint density at radius 2 is 2.10 bits per heavy atom. The van der Waals surface area contributed by atoms with Gasteiger partial charge >= 0.3 is 5.97 Å². The van der Waals surface area contributed by atoms with Crippen molar-refractivity contribution >= 4 is 18.0 Å². The van der Waals surface area contributed by atoms with Crippen molar-refractivity contribution in [2.75, 3.05) is 7.11 Å². The molecule has 0 fully saturated rings. The molecule has 1 atom stereocenters. The number of carboxylic acids is 1. The van der Waals surface area contributed by atoms with E-state index in [2.05, 4.69) is 5.32 Å². The molecule has 0 radical (unpaired) electrons. The number of carbonyl (C=O) groups excluding carboxylic acids is 1. The summed E-state index contributed by atoms with van der Waals surface area (Å²) in [5, 5.41) is 11.4. The number of para-hydroxylation sites is 1. The Bertz CT molecular complexity index is 496. The van der Waals surface area contributed by atoms with Gasteiger partial charge in [-0.25, -0.2) is 4.79 Å². The summed E-state index contributed by atoms with van der Waals surface area (Å²) in [5.41, 5.74) is 0.757. The fraction of sp³-hybridized carbons (Fsp3) is 0.333. The highest BCUT2D eigenvalue weighted by Gasteiger charge is 2.17. The first-order valence-corrected chi connectivity index (χ1v) is 6.42. The minimum atomic E-state index is -1.02. The Hall–Kier alpha value is -2.30. The molecule has 2 N–H and O–H groups in total. The minimum Gasteiger partial charge on any atom is -0.496 e. The number of carboxylic acid groups (broad SMARTS) is 1. The van der Waals surface area contributed by atoms with Gasteiger partial charge in [0.25, 0.3) is 0 Å². The molecule has 0 saturated carbocycles. The molecule has 5 nitrogen and oxygen atoms in total. The van der Waals surface area contributed by atoms with E-state index in [1.54, 1.807) is 19.3 Å². The largest absolute Gasteiger partial charge is 0.496 e. The van der Waals surface area contributed by atoms with Gasteiger partial charge < -0.3 is 15.2 Å². The van der Waals surface area contributed by atoms with Crippen molar-refractivity contribution in [3.05, 3.63) is 35.9 Å². The van der Waals surface area contributed by atoms with Gasteiger partial charge in [-0.2, -0.15) is 0 Å². The average molecular weight is 277 g/mol. The van der Waals surface area contributed by atoms with Gasteiger partial charge in [0.15, 0.2) is 0 Å². The van der Waals surface area contributed by atoms with E-state index in [9.17, 15) is 9.59 Å². The molecule has 0 saturated heterocycles. The maximum atomic E-state index is 11.7. The quantitative estimate of drug-likeness (QED) is 0.748. The smallest absolute Gasteiger partial charge is 0.326 e. The van der Waals surface area contributed by atoms with Crippen molar-refractivity contribution < 1.29 is 19.4 Å². The number of nitrogens with one attached hydrogen (secondary N) is 1. The lowest BCUT2D eigenvalue weighted by atomic mass is 10.1. The van der Waals surface area contributed by atoms with E-state index in [4.69, 9.17) is 9.84 Å². The SMILES string of the molecule is CCCC(NC(=O)/C=C/c1ccccc1OC)C(=O)O. The molecular formula is C15H19NO4. The van der Waals surface area contributed by atoms with Gasteiger partial charge in [0.05, 0.1) is 7.11 Å². The molecule has 20 heavy (non-hydrogen) atoms. The van der Waals surface area contributed by atoms with Crippen molar-refractivity contribution in [1.82, 2.24) is 5.32 Å². The molecule has 0 bridgehead atoms. The van der Waals surface area contributed by atoms with E-state index in [0.29, 0.717) is 18.6 Å². The highest BCUT2D eigenvalue weighted by atomic mass is 16.5. The fourth-order valence-electron chi connectivity index (χ4n) is 1.74. The Kier molecular flexibility index (Phi) is 6.29. The van der Waals surface area contributed by atoms with E-state index in [-0.39, 0.29) is 0 Å². The van der Waals surface area contributed by atoms with Crippen molar-refractivity contribution in [3.63, 3.8) is 0 Å². The number of aliphatic carboxylic acids is 1. The van der Waals surface area contributed by atoms with Gasteiger partial charge in [-0.3, -0.25) is 4.79 Å². The van der Waals surface area contributed by atoms with Gasteiger partial charge in [-0.15, -0.1) is 0 Å². The molecule has 0 heterocycles. The second-order valence-electron chi connectivity index (χ2n) is 4.26. The standard InChI is InChI=1S/C15H19NO4/c1-3-6-12(15(18)19)16-14(17)10-9-11-7-4-5-8-13(11)20-2/h4-5,7-10,12H,3,6H2,1-2H3,(H,16,17)(H,18,19)/b10-9+. The van der Waals surface area contributed by atoms with Gasteiger partial charge in [-0.1, -0.05) is 31.5 Å². The Morgan fingerprint density at radius 1 is 1.40 bits per heavy atom. The summed E-state index contributed by atoms with van der Waals surface area (Å²) in [6, 6.07) is 6.41. The summed E-state index contributed by atoms with van der Waals surface area (Å²) in [4.78, 5) is 22.6. The van der Waals surface area contributed by atoms with E-state index < -0.39 is 17.9 Å². The first kappa shape index (κ1) is 15.8. The predicted molar refractivity (Wildman–Crippen MR) is 76.5 cm³/mol. The van der Waals surface area contributed by atoms with Crippen LogP contribution in [0.4, 0.5) is 0 Å². The lowest BCUT2D eigenvalue weighted by Crippen LogP contribution is -2.39. The van der Waals surface area contributed by atoms with Crippen LogP contribution in [0.25, 0.3) is 6.08 Å². The molecule has 108 valence electrons. The summed E-state index contributed by atoms with van der Waals surface area (Å²) in [6.07, 6.45) is 4.00. The lowest BCUT2D eigenvalue weighted by Gasteiger charge is -2.11. The summed E-state index contributed by atoms with van der Waals surface area (Å²) >= 11 is 0. The van der Waals surface area contributed by atoms with E-state index in [0.717, 1.165) is 5.56 Å². The van der Waals surface area contributed by atoms with Gasteiger partial charge in [0.1, 0.15) is 11.8 Å². The third-order valence-corrected chi connectivity index (χ3v) is 2.75. The summed E-state index contributed by atoms with van der Waals surface area (Å²) in [6.45, 7) is 1.87. The van der Waals surface area contributed by atoms with Crippen LogP contribution in [0.5, 0.6) is 5.75 Å². The Labute approximate surface area is 118 Å². The summed E-state index contributed by atoms with van der Waals surface area (Å²) in [5.74, 6) is -0.803. The predicted octanol–water partition coefficient (Wildman–Crippen LogP) is 2.08. The van der Waals surface area contributed by atoms with Crippen LogP contribution in [-0.2, 0) is 9.59 Å². The number of methoxy groups -OCH3 is 1. The monoisotopic (exact) mass is 277 g/mol. The van der Waals surface area contributed by atoms with Crippen LogP contribution >= 0.6 is 0 Å². The summed E-state index contributed by atoms with van der Waals surface area (Å²) < 4.78 is 5.16. The van der Waals surface area contributed by atoms with Crippen LogP contribution in [0.1, 0.15) is 25.3 Å². The highest BCUT2D eigenvalue weighted by Crippen LogP contribution is 2.18. The van der Waals surface area contributed by atoms with Crippen LogP contribution in [-0.4, -0.2) is 30.1 Å². The zero-order valence-corrected chi connectivity index (χ0v) is 11.6. The Balaban J connectivity index is 2.69. The number of ether oxygens (including phenoxy) is 1. The molecule has 1 aromatic rings. The molecule has 1 unspecified atom stereocenters. The molecule has 1 rings (SSSR count). The van der Waals surface area contributed by atoms with Crippen molar-refractivity contribution in [2.45, 2.75) is 25.8 Å². The second kappa shape index (κ2) is 7.99. The van der Waals surface area contributed by atoms with E-state index in [1.165, 1.54) is 6.08 Å². The van der Waals surface area contributed by atoms with Crippen molar-refractivity contribution in [1.29, 1.82) is 0 Å². The molecule has 1 amide bonds. The molecule has 0 spiro atoms. The first-order chi connectivity index (χ1) is 9.58. The number of amides is 1. The third kappa shape index (κ3) is 4.76. The van der Waals surface area contributed by atoms with Crippen LogP contribution in [0.3, 0.4) is 0 Å².